The van der Waals surface area contributed by atoms with Gasteiger partial charge < -0.3 is 10.4 Å². The Balaban J connectivity index is 2.16. The van der Waals surface area contributed by atoms with Crippen LogP contribution in [0.4, 0.5) is 0 Å². The average Bonchev–Trinajstić information content (AvgIpc) is 2.85. The Morgan fingerprint density at radius 3 is 2.95 bits per heavy atom. The van der Waals surface area contributed by atoms with Crippen molar-refractivity contribution in [2.75, 3.05) is 6.54 Å². The van der Waals surface area contributed by atoms with E-state index in [1.807, 2.05) is 20.8 Å². The van der Waals surface area contributed by atoms with Gasteiger partial charge in [0.15, 0.2) is 4.96 Å². The van der Waals surface area contributed by atoms with Crippen LogP contribution in [0.3, 0.4) is 0 Å². The highest BCUT2D eigenvalue weighted by Gasteiger charge is 2.17. The van der Waals surface area contributed by atoms with Crippen molar-refractivity contribution in [3.8, 4) is 0 Å². The van der Waals surface area contributed by atoms with E-state index < -0.39 is 12.0 Å². The van der Waals surface area contributed by atoms with E-state index in [9.17, 15) is 14.7 Å². The molecule has 0 aliphatic rings. The number of aromatic nitrogens is 2. The van der Waals surface area contributed by atoms with Crippen molar-refractivity contribution in [3.63, 3.8) is 0 Å². The lowest BCUT2D eigenvalue weighted by molar-refractivity contribution is 0.0848. The molecule has 0 aromatic carbocycles. The summed E-state index contributed by atoms with van der Waals surface area (Å²) < 4.78 is 1.38. The SMILES string of the molecule is CCC(C)C(O)CNC(=O)c1cnc2sc(C)cn2c1=O. The van der Waals surface area contributed by atoms with E-state index in [-0.39, 0.29) is 23.6 Å². The Kier molecular flexibility index (Phi) is 4.74. The number of hydrogen-bond donors (Lipinski definition) is 2. The third-order valence-electron chi connectivity index (χ3n) is 3.54. The molecule has 0 saturated heterocycles. The number of carbonyl (C=O) groups excluding carboxylic acids is 1. The minimum Gasteiger partial charge on any atom is -0.391 e. The van der Waals surface area contributed by atoms with E-state index in [2.05, 4.69) is 10.3 Å². The van der Waals surface area contributed by atoms with Gasteiger partial charge in [0.05, 0.1) is 6.10 Å². The fourth-order valence-corrected chi connectivity index (χ4v) is 2.70. The lowest BCUT2D eigenvalue weighted by Gasteiger charge is -2.17. The van der Waals surface area contributed by atoms with Crippen molar-refractivity contribution in [3.05, 3.63) is 33.2 Å². The maximum Gasteiger partial charge on any atom is 0.271 e. The van der Waals surface area contributed by atoms with Crippen molar-refractivity contribution in [1.82, 2.24) is 14.7 Å². The summed E-state index contributed by atoms with van der Waals surface area (Å²) in [5, 5.41) is 12.4. The number of nitrogens with zero attached hydrogens (tertiary/aromatic N) is 2. The summed E-state index contributed by atoms with van der Waals surface area (Å²) in [5.74, 6) is -0.417. The second-order valence-corrected chi connectivity index (χ2v) is 6.35. The summed E-state index contributed by atoms with van der Waals surface area (Å²) >= 11 is 1.39. The fraction of sp³-hybridized carbons (Fsp3) is 0.500. The highest BCUT2D eigenvalue weighted by Crippen LogP contribution is 2.12. The zero-order chi connectivity index (χ0) is 15.6. The molecule has 2 aromatic rings. The summed E-state index contributed by atoms with van der Waals surface area (Å²) in [6.45, 7) is 5.88. The largest absolute Gasteiger partial charge is 0.391 e. The minimum atomic E-state index is -0.623. The predicted octanol–water partition coefficient (Wildman–Crippen LogP) is 1.20. The quantitative estimate of drug-likeness (QED) is 0.869. The highest BCUT2D eigenvalue weighted by molar-refractivity contribution is 7.16. The Morgan fingerprint density at radius 1 is 1.57 bits per heavy atom. The first kappa shape index (κ1) is 15.7. The summed E-state index contributed by atoms with van der Waals surface area (Å²) in [4.78, 5) is 29.9. The molecular formula is C14H19N3O3S. The van der Waals surface area contributed by atoms with E-state index in [1.165, 1.54) is 21.9 Å². The van der Waals surface area contributed by atoms with Gasteiger partial charge in [-0.1, -0.05) is 20.3 Å². The molecule has 0 fully saturated rings. The summed E-state index contributed by atoms with van der Waals surface area (Å²) in [5.41, 5.74) is -0.401. The number of carbonyl (C=O) groups is 1. The van der Waals surface area contributed by atoms with Crippen LogP contribution in [0, 0.1) is 12.8 Å². The molecule has 0 bridgehead atoms. The zero-order valence-electron chi connectivity index (χ0n) is 12.3. The molecule has 1 amide bonds. The van der Waals surface area contributed by atoms with Crippen LogP contribution >= 0.6 is 11.3 Å². The molecule has 2 atom stereocenters. The molecule has 0 aliphatic heterocycles. The fourth-order valence-electron chi connectivity index (χ4n) is 1.92. The van der Waals surface area contributed by atoms with Gasteiger partial charge in [-0.3, -0.25) is 14.0 Å². The molecule has 7 heteroatoms. The molecular weight excluding hydrogens is 290 g/mol. The first-order chi connectivity index (χ1) is 9.93. The van der Waals surface area contributed by atoms with Gasteiger partial charge in [-0.25, -0.2) is 4.98 Å². The molecule has 2 N–H and O–H groups in total. The lowest BCUT2D eigenvalue weighted by Crippen LogP contribution is -2.38. The van der Waals surface area contributed by atoms with Gasteiger partial charge >= 0.3 is 0 Å². The van der Waals surface area contributed by atoms with Crippen LogP contribution in [-0.2, 0) is 0 Å². The topological polar surface area (TPSA) is 83.7 Å². The predicted molar refractivity (Wildman–Crippen MR) is 81.9 cm³/mol. The lowest BCUT2D eigenvalue weighted by atomic mass is 10.0. The van der Waals surface area contributed by atoms with Crippen LogP contribution in [0.15, 0.2) is 17.2 Å². The molecule has 2 heterocycles. The summed E-state index contributed by atoms with van der Waals surface area (Å²) in [7, 11) is 0. The average molecular weight is 309 g/mol. The Bertz CT molecular complexity index is 707. The van der Waals surface area contributed by atoms with E-state index in [4.69, 9.17) is 0 Å². The molecule has 2 rings (SSSR count). The second-order valence-electron chi connectivity index (χ2n) is 5.13. The number of aliphatic hydroxyl groups excluding tert-OH is 1. The van der Waals surface area contributed by atoms with Crippen LogP contribution in [-0.4, -0.2) is 33.0 Å². The van der Waals surface area contributed by atoms with Crippen LogP contribution in [0.2, 0.25) is 0 Å². The number of aliphatic hydroxyl groups is 1. The summed E-state index contributed by atoms with van der Waals surface area (Å²) in [6, 6.07) is 0. The van der Waals surface area contributed by atoms with E-state index >= 15 is 0 Å². The van der Waals surface area contributed by atoms with Crippen molar-refractivity contribution in [1.29, 1.82) is 0 Å². The smallest absolute Gasteiger partial charge is 0.271 e. The van der Waals surface area contributed by atoms with Crippen molar-refractivity contribution >= 4 is 22.2 Å². The molecule has 2 aromatic heterocycles. The number of aryl methyl sites for hydroxylation is 1. The summed E-state index contributed by atoms with van der Waals surface area (Å²) in [6.07, 6.45) is 3.15. The Hall–Kier alpha value is -1.73. The molecule has 2 unspecified atom stereocenters. The monoisotopic (exact) mass is 309 g/mol. The van der Waals surface area contributed by atoms with Crippen LogP contribution < -0.4 is 10.9 Å². The minimum absolute atomic E-state index is 0.0124. The van der Waals surface area contributed by atoms with Crippen molar-refractivity contribution < 1.29 is 9.90 Å². The van der Waals surface area contributed by atoms with E-state index in [0.29, 0.717) is 4.96 Å². The van der Waals surface area contributed by atoms with E-state index in [0.717, 1.165) is 11.3 Å². The van der Waals surface area contributed by atoms with Crippen molar-refractivity contribution in [2.24, 2.45) is 5.92 Å². The third-order valence-corrected chi connectivity index (χ3v) is 4.45. The van der Waals surface area contributed by atoms with Gasteiger partial charge in [0.2, 0.25) is 0 Å². The molecule has 0 aliphatic carbocycles. The maximum absolute atomic E-state index is 12.2. The molecule has 6 nitrogen and oxygen atoms in total. The van der Waals surface area contributed by atoms with Gasteiger partial charge in [-0.2, -0.15) is 0 Å². The molecule has 114 valence electrons. The molecule has 21 heavy (non-hydrogen) atoms. The normalized spacial score (nSPS) is 14.1. The number of amides is 1. The van der Waals surface area contributed by atoms with E-state index in [1.54, 1.807) is 6.20 Å². The Labute approximate surface area is 126 Å². The number of thiazole rings is 1. The molecule has 0 radical (unpaired) electrons. The molecule has 0 saturated carbocycles. The first-order valence-corrected chi connectivity index (χ1v) is 7.69. The van der Waals surface area contributed by atoms with Gasteiger partial charge in [0.25, 0.3) is 11.5 Å². The van der Waals surface area contributed by atoms with Gasteiger partial charge in [0, 0.05) is 23.8 Å². The third kappa shape index (κ3) is 3.30. The van der Waals surface area contributed by atoms with Gasteiger partial charge in [-0.05, 0) is 12.8 Å². The van der Waals surface area contributed by atoms with Gasteiger partial charge in [-0.15, -0.1) is 11.3 Å². The maximum atomic E-state index is 12.2. The standard InChI is InChI=1S/C14H19N3O3S/c1-4-8(2)11(18)6-15-12(19)10-5-16-14-17(13(10)20)7-9(3)21-14/h5,7-8,11,18H,4,6H2,1-3H3,(H,15,19). The van der Waals surface area contributed by atoms with Gasteiger partial charge in [0.1, 0.15) is 5.56 Å². The van der Waals surface area contributed by atoms with Crippen LogP contribution in [0.1, 0.15) is 35.5 Å². The van der Waals surface area contributed by atoms with Crippen LogP contribution in [0.25, 0.3) is 4.96 Å². The highest BCUT2D eigenvalue weighted by atomic mass is 32.1. The number of hydrogen-bond acceptors (Lipinski definition) is 5. The number of rotatable bonds is 5. The number of nitrogens with one attached hydrogen (secondary N) is 1. The number of fused-ring (bicyclic) bond motifs is 1. The Morgan fingerprint density at radius 2 is 2.29 bits per heavy atom. The second kappa shape index (κ2) is 6.36. The first-order valence-electron chi connectivity index (χ1n) is 6.88. The van der Waals surface area contributed by atoms with Crippen molar-refractivity contribution in [2.45, 2.75) is 33.3 Å². The van der Waals surface area contributed by atoms with Crippen LogP contribution in [0.5, 0.6) is 0 Å². The molecule has 0 spiro atoms. The zero-order valence-corrected chi connectivity index (χ0v) is 13.1.